The van der Waals surface area contributed by atoms with Crippen molar-refractivity contribution in [2.45, 2.75) is 25.1 Å². The number of rotatable bonds is 7. The van der Waals surface area contributed by atoms with Crippen molar-refractivity contribution in [3.05, 3.63) is 77.5 Å². The van der Waals surface area contributed by atoms with Gasteiger partial charge in [-0.05, 0) is 67.4 Å². The topological polar surface area (TPSA) is 126 Å². The summed E-state index contributed by atoms with van der Waals surface area (Å²) in [5.41, 5.74) is 5.61. The first-order chi connectivity index (χ1) is 18.1. The third-order valence-electron chi connectivity index (χ3n) is 6.31. The molecule has 2 aromatic carbocycles. The lowest BCUT2D eigenvalue weighted by atomic mass is 9.96. The lowest BCUT2D eigenvalue weighted by Crippen LogP contribution is -2.44. The Hall–Kier alpha value is -3.96. The zero-order valence-corrected chi connectivity index (χ0v) is 20.2. The zero-order valence-electron chi connectivity index (χ0n) is 20.2. The van der Waals surface area contributed by atoms with Crippen molar-refractivity contribution in [2.24, 2.45) is 11.7 Å². The maximum atomic E-state index is 13.4. The van der Waals surface area contributed by atoms with Gasteiger partial charge in [-0.25, -0.2) is 4.98 Å². The molecule has 1 unspecified atom stereocenters. The Balaban J connectivity index is 1.61. The summed E-state index contributed by atoms with van der Waals surface area (Å²) in [5, 5.41) is 19.0. The molecule has 1 saturated heterocycles. The minimum atomic E-state index is -4.67. The van der Waals surface area contributed by atoms with Crippen LogP contribution in [0, 0.1) is 5.92 Å². The molecule has 200 valence electrons. The highest BCUT2D eigenvalue weighted by molar-refractivity contribution is 5.97. The molecule has 0 aliphatic carbocycles. The van der Waals surface area contributed by atoms with E-state index >= 15 is 0 Å². The zero-order chi connectivity index (χ0) is 27.4. The van der Waals surface area contributed by atoms with Gasteiger partial charge < -0.3 is 25.6 Å². The molecule has 2 atom stereocenters. The van der Waals surface area contributed by atoms with Crippen LogP contribution in [0.25, 0.3) is 11.3 Å². The molecule has 0 spiro atoms. The van der Waals surface area contributed by atoms with Gasteiger partial charge >= 0.3 is 6.18 Å². The van der Waals surface area contributed by atoms with Crippen molar-refractivity contribution in [1.29, 1.82) is 0 Å². The van der Waals surface area contributed by atoms with E-state index in [4.69, 9.17) is 15.6 Å². The van der Waals surface area contributed by atoms with Gasteiger partial charge in [-0.1, -0.05) is 6.07 Å². The normalized spacial score (nSPS) is 16.7. The minimum Gasteiger partial charge on any atom is -0.457 e. The molecule has 2 heterocycles. The molecule has 38 heavy (non-hydrogen) atoms. The lowest BCUT2D eigenvalue weighted by Gasteiger charge is -2.31. The Labute approximate surface area is 216 Å². The highest BCUT2D eigenvalue weighted by atomic mass is 19.4. The van der Waals surface area contributed by atoms with E-state index in [1.54, 1.807) is 42.5 Å². The van der Waals surface area contributed by atoms with Crippen molar-refractivity contribution in [3.8, 4) is 22.8 Å². The number of ether oxygens (including phenoxy) is 1. The molecule has 0 bridgehead atoms. The van der Waals surface area contributed by atoms with Crippen LogP contribution in [0.1, 0.15) is 40.6 Å². The van der Waals surface area contributed by atoms with E-state index in [9.17, 15) is 27.9 Å². The van der Waals surface area contributed by atoms with Gasteiger partial charge in [0.15, 0.2) is 0 Å². The number of carbonyl (C=O) groups excluding carboxylic acids is 2. The van der Waals surface area contributed by atoms with Crippen LogP contribution >= 0.6 is 0 Å². The number of piperidine rings is 1. The molecule has 1 aliphatic heterocycles. The number of likely N-dealkylation sites (tertiary alicyclic amines) is 1. The van der Waals surface area contributed by atoms with E-state index in [1.165, 1.54) is 4.90 Å². The molecule has 0 radical (unpaired) electrons. The van der Waals surface area contributed by atoms with Crippen LogP contribution in [-0.4, -0.2) is 51.6 Å². The molecular weight excluding hydrogens is 503 g/mol. The smallest absolute Gasteiger partial charge is 0.416 e. The van der Waals surface area contributed by atoms with Crippen molar-refractivity contribution in [2.75, 3.05) is 19.7 Å². The van der Waals surface area contributed by atoms with Gasteiger partial charge in [0.2, 0.25) is 5.91 Å². The fourth-order valence-corrected chi connectivity index (χ4v) is 4.24. The average molecular weight is 530 g/mol. The van der Waals surface area contributed by atoms with Gasteiger partial charge in [0.05, 0.1) is 35.0 Å². The fourth-order valence-electron chi connectivity index (χ4n) is 4.24. The van der Waals surface area contributed by atoms with Gasteiger partial charge in [0, 0.05) is 18.7 Å². The van der Waals surface area contributed by atoms with E-state index in [2.05, 4.69) is 4.98 Å². The van der Waals surface area contributed by atoms with Crippen LogP contribution in [-0.2, 0) is 11.0 Å². The number of benzene rings is 2. The first-order valence-electron chi connectivity index (χ1n) is 11.9. The molecule has 4 rings (SSSR count). The summed E-state index contributed by atoms with van der Waals surface area (Å²) in [5.74, 6) is -1.61. The van der Waals surface area contributed by atoms with Crippen LogP contribution < -0.4 is 10.5 Å². The summed E-state index contributed by atoms with van der Waals surface area (Å²) in [7, 11) is 0. The maximum Gasteiger partial charge on any atom is 0.416 e. The van der Waals surface area contributed by atoms with Crippen molar-refractivity contribution >= 4 is 11.8 Å². The number of amides is 2. The van der Waals surface area contributed by atoms with Gasteiger partial charge in [-0.2, -0.15) is 13.2 Å². The van der Waals surface area contributed by atoms with Crippen molar-refractivity contribution in [3.63, 3.8) is 0 Å². The first-order valence-corrected chi connectivity index (χ1v) is 11.9. The lowest BCUT2D eigenvalue weighted by molar-refractivity contribution is -0.137. The number of aromatic nitrogens is 1. The quantitative estimate of drug-likeness (QED) is 0.426. The van der Waals surface area contributed by atoms with E-state index < -0.39 is 42.2 Å². The van der Waals surface area contributed by atoms with E-state index in [-0.39, 0.29) is 30.2 Å². The second-order valence-corrected chi connectivity index (χ2v) is 8.97. The Morgan fingerprint density at radius 3 is 2.53 bits per heavy atom. The minimum absolute atomic E-state index is 0.0234. The Bertz CT molecular complexity index is 1310. The van der Waals surface area contributed by atoms with Crippen molar-refractivity contribution < 1.29 is 37.7 Å². The summed E-state index contributed by atoms with van der Waals surface area (Å²) in [6, 6.07) is 14.1. The summed E-state index contributed by atoms with van der Waals surface area (Å²) < 4.78 is 46.2. The number of alkyl halides is 3. The molecule has 2 amide bonds. The average Bonchev–Trinajstić information content (AvgIpc) is 2.92. The molecule has 8 nitrogen and oxygen atoms in total. The van der Waals surface area contributed by atoms with Crippen LogP contribution in [0.5, 0.6) is 11.5 Å². The molecule has 1 aromatic heterocycles. The number of halogens is 3. The Morgan fingerprint density at radius 2 is 1.87 bits per heavy atom. The highest BCUT2D eigenvalue weighted by Crippen LogP contribution is 2.35. The predicted octanol–water partition coefficient (Wildman–Crippen LogP) is 3.92. The molecule has 11 heteroatoms. The standard InChI is InChI=1S/C27H26F3N3O5/c28-27(29,30)18-8-11-24(20(13-18)26(37)33-12-2-3-17(14-33)25(31)36)38-19-9-6-16(7-10-19)21-4-1-5-22(32-21)23(35)15-34/h1,4-11,13,17,23,34-35H,2-3,12,14-15H2,(H2,31,36)/t17?,23-/m1/s1. The van der Waals surface area contributed by atoms with Crippen LogP contribution in [0.3, 0.4) is 0 Å². The predicted molar refractivity (Wildman–Crippen MR) is 131 cm³/mol. The number of aliphatic hydroxyl groups excluding tert-OH is 2. The third-order valence-corrected chi connectivity index (χ3v) is 6.31. The van der Waals surface area contributed by atoms with Gasteiger partial charge in [-0.15, -0.1) is 0 Å². The number of nitrogens with zero attached hydrogens (tertiary/aromatic N) is 2. The highest BCUT2D eigenvalue weighted by Gasteiger charge is 2.34. The summed E-state index contributed by atoms with van der Waals surface area (Å²) in [6.45, 7) is -0.169. The molecular formula is C27H26F3N3O5. The molecule has 4 N–H and O–H groups in total. The molecule has 1 aliphatic rings. The second kappa shape index (κ2) is 11.2. The largest absolute Gasteiger partial charge is 0.457 e. The summed E-state index contributed by atoms with van der Waals surface area (Å²) in [4.78, 5) is 30.6. The number of nitrogens with two attached hydrogens (primary N) is 1. The van der Waals surface area contributed by atoms with Crippen LogP contribution in [0.4, 0.5) is 13.2 Å². The number of aliphatic hydroxyl groups is 2. The van der Waals surface area contributed by atoms with E-state index in [1.807, 2.05) is 0 Å². The van der Waals surface area contributed by atoms with E-state index in [0.29, 0.717) is 29.8 Å². The number of hydrogen-bond donors (Lipinski definition) is 3. The van der Waals surface area contributed by atoms with Gasteiger partial charge in [0.1, 0.15) is 17.6 Å². The molecule has 1 fully saturated rings. The molecule has 3 aromatic rings. The first kappa shape index (κ1) is 27.1. The second-order valence-electron chi connectivity index (χ2n) is 8.97. The number of carbonyl (C=O) groups is 2. The monoisotopic (exact) mass is 529 g/mol. The van der Waals surface area contributed by atoms with Gasteiger partial charge in [-0.3, -0.25) is 9.59 Å². The number of pyridine rings is 1. The van der Waals surface area contributed by atoms with Gasteiger partial charge in [0.25, 0.3) is 5.91 Å². The SMILES string of the molecule is NC(=O)C1CCCN(C(=O)c2cc(C(F)(F)F)ccc2Oc2ccc(-c3cccc([C@H](O)CO)n3)cc2)C1. The Kier molecular flexibility index (Phi) is 7.98. The number of hydrogen-bond acceptors (Lipinski definition) is 6. The fraction of sp³-hybridized carbons (Fsp3) is 0.296. The third kappa shape index (κ3) is 6.12. The number of primary amides is 1. The summed E-state index contributed by atoms with van der Waals surface area (Å²) >= 11 is 0. The van der Waals surface area contributed by atoms with E-state index in [0.717, 1.165) is 18.2 Å². The molecule has 0 saturated carbocycles. The summed E-state index contributed by atoms with van der Waals surface area (Å²) in [6.07, 6.45) is -4.78. The van der Waals surface area contributed by atoms with Crippen molar-refractivity contribution in [1.82, 2.24) is 9.88 Å². The van der Waals surface area contributed by atoms with Crippen LogP contribution in [0.15, 0.2) is 60.7 Å². The maximum absolute atomic E-state index is 13.4. The Morgan fingerprint density at radius 1 is 1.13 bits per heavy atom. The van der Waals surface area contributed by atoms with Crippen LogP contribution in [0.2, 0.25) is 0 Å².